The summed E-state index contributed by atoms with van der Waals surface area (Å²) in [5.41, 5.74) is 4.56. The number of imidazole rings is 1. The second-order valence-electron chi connectivity index (χ2n) is 5.69. The number of fused-ring (bicyclic) bond motifs is 1. The van der Waals surface area contributed by atoms with E-state index < -0.39 is 0 Å². The third kappa shape index (κ3) is 2.40. The smallest absolute Gasteiger partial charge is 0.137 e. The largest absolute Gasteiger partial charge is 0.372 e. The zero-order valence-electron chi connectivity index (χ0n) is 12.1. The van der Waals surface area contributed by atoms with Crippen LogP contribution in [0, 0.1) is 0 Å². The van der Waals surface area contributed by atoms with Crippen LogP contribution >= 0.6 is 0 Å². The normalized spacial score (nSPS) is 15.5. The number of pyridine rings is 1. The van der Waals surface area contributed by atoms with E-state index in [1.165, 1.54) is 43.6 Å². The van der Waals surface area contributed by atoms with Gasteiger partial charge < -0.3 is 9.30 Å². The van der Waals surface area contributed by atoms with Crippen LogP contribution in [0.1, 0.15) is 19.3 Å². The zero-order chi connectivity index (χ0) is 14.1. The predicted molar refractivity (Wildman–Crippen MR) is 86.7 cm³/mol. The molecule has 0 bridgehead atoms. The lowest BCUT2D eigenvalue weighted by Gasteiger charge is -2.29. The highest BCUT2D eigenvalue weighted by Crippen LogP contribution is 2.26. The van der Waals surface area contributed by atoms with E-state index in [9.17, 15) is 0 Å². The number of aromatic nitrogens is 2. The first kappa shape index (κ1) is 12.5. The first-order valence-electron chi connectivity index (χ1n) is 7.69. The van der Waals surface area contributed by atoms with Crippen molar-refractivity contribution in [3.63, 3.8) is 0 Å². The maximum absolute atomic E-state index is 4.71. The first-order valence-corrected chi connectivity index (χ1v) is 7.69. The molecular formula is C18H19N3. The molecule has 1 saturated heterocycles. The molecule has 0 N–H and O–H groups in total. The molecule has 0 unspecified atom stereocenters. The Morgan fingerprint density at radius 3 is 2.67 bits per heavy atom. The van der Waals surface area contributed by atoms with Crippen molar-refractivity contribution < 1.29 is 0 Å². The first-order chi connectivity index (χ1) is 10.4. The summed E-state index contributed by atoms with van der Waals surface area (Å²) < 4.78 is 2.07. The van der Waals surface area contributed by atoms with Gasteiger partial charge in [-0.3, -0.25) is 0 Å². The van der Waals surface area contributed by atoms with Gasteiger partial charge in [0.15, 0.2) is 0 Å². The van der Waals surface area contributed by atoms with Crippen LogP contribution in [0.3, 0.4) is 0 Å². The summed E-state index contributed by atoms with van der Waals surface area (Å²) in [6.45, 7) is 2.35. The van der Waals surface area contributed by atoms with E-state index in [0.717, 1.165) is 11.3 Å². The fourth-order valence-electron chi connectivity index (χ4n) is 3.09. The summed E-state index contributed by atoms with van der Waals surface area (Å²) in [5.74, 6) is 0. The van der Waals surface area contributed by atoms with Crippen molar-refractivity contribution in [2.24, 2.45) is 0 Å². The number of piperidine rings is 1. The summed E-state index contributed by atoms with van der Waals surface area (Å²) in [5, 5.41) is 0. The lowest BCUT2D eigenvalue weighted by atomic mass is 10.1. The maximum Gasteiger partial charge on any atom is 0.137 e. The fourth-order valence-corrected chi connectivity index (χ4v) is 3.09. The molecule has 2 aromatic heterocycles. The van der Waals surface area contributed by atoms with Crippen LogP contribution in [0.15, 0.2) is 54.9 Å². The number of rotatable bonds is 2. The standard InChI is InChI=1S/C18H19N3/c1-3-10-20(11-4-1)16-8-6-7-15(13-16)17-14-21-12-5-2-9-18(21)19-17/h2,5-9,12-14H,1,3-4,10-11H2. The zero-order valence-corrected chi connectivity index (χ0v) is 12.1. The molecule has 106 valence electrons. The average Bonchev–Trinajstić information content (AvgIpc) is 3.00. The SMILES string of the molecule is c1cc(-c2cn3ccccc3n2)cc(N2CCCCC2)c1. The molecule has 3 heterocycles. The lowest BCUT2D eigenvalue weighted by molar-refractivity contribution is 0.578. The molecular weight excluding hydrogens is 258 g/mol. The second kappa shape index (κ2) is 5.24. The van der Waals surface area contributed by atoms with Crippen molar-refractivity contribution in [2.45, 2.75) is 19.3 Å². The Bertz CT molecular complexity index is 721. The molecule has 3 nitrogen and oxygen atoms in total. The van der Waals surface area contributed by atoms with E-state index in [-0.39, 0.29) is 0 Å². The third-order valence-corrected chi connectivity index (χ3v) is 4.23. The van der Waals surface area contributed by atoms with Gasteiger partial charge in [-0.2, -0.15) is 0 Å². The second-order valence-corrected chi connectivity index (χ2v) is 5.69. The van der Waals surface area contributed by atoms with Crippen LogP contribution in [-0.4, -0.2) is 22.5 Å². The Morgan fingerprint density at radius 2 is 1.81 bits per heavy atom. The molecule has 0 amide bonds. The number of hydrogen-bond acceptors (Lipinski definition) is 2. The summed E-state index contributed by atoms with van der Waals surface area (Å²) in [4.78, 5) is 7.20. The minimum Gasteiger partial charge on any atom is -0.372 e. The van der Waals surface area contributed by atoms with E-state index in [1.807, 2.05) is 24.4 Å². The molecule has 1 aromatic carbocycles. The topological polar surface area (TPSA) is 20.5 Å². The van der Waals surface area contributed by atoms with Gasteiger partial charge in [-0.1, -0.05) is 18.2 Å². The Balaban J connectivity index is 1.71. The molecule has 0 saturated carbocycles. The van der Waals surface area contributed by atoms with Crippen LogP contribution in [0.5, 0.6) is 0 Å². The monoisotopic (exact) mass is 277 g/mol. The molecule has 21 heavy (non-hydrogen) atoms. The summed E-state index contributed by atoms with van der Waals surface area (Å²) in [7, 11) is 0. The molecule has 3 heteroatoms. The molecule has 3 aromatic rings. The Labute approximate surface area is 124 Å². The van der Waals surface area contributed by atoms with Crippen LogP contribution < -0.4 is 4.90 Å². The lowest BCUT2D eigenvalue weighted by Crippen LogP contribution is -2.29. The van der Waals surface area contributed by atoms with E-state index in [1.54, 1.807) is 0 Å². The molecule has 1 fully saturated rings. The van der Waals surface area contributed by atoms with Gasteiger partial charge >= 0.3 is 0 Å². The van der Waals surface area contributed by atoms with Gasteiger partial charge in [0, 0.05) is 36.7 Å². The molecule has 1 aliphatic heterocycles. The Hall–Kier alpha value is -2.29. The highest BCUT2D eigenvalue weighted by atomic mass is 15.1. The van der Waals surface area contributed by atoms with Gasteiger partial charge in [-0.05, 0) is 43.5 Å². The minimum atomic E-state index is 0.996. The van der Waals surface area contributed by atoms with Gasteiger partial charge in [-0.25, -0.2) is 4.98 Å². The maximum atomic E-state index is 4.71. The fraction of sp³-hybridized carbons (Fsp3) is 0.278. The number of nitrogens with zero attached hydrogens (tertiary/aromatic N) is 3. The minimum absolute atomic E-state index is 0.996. The molecule has 0 atom stereocenters. The van der Waals surface area contributed by atoms with Crippen LogP contribution in [0.25, 0.3) is 16.9 Å². The van der Waals surface area contributed by atoms with Crippen molar-refractivity contribution in [2.75, 3.05) is 18.0 Å². The average molecular weight is 277 g/mol. The highest BCUT2D eigenvalue weighted by molar-refractivity contribution is 5.67. The van der Waals surface area contributed by atoms with Crippen molar-refractivity contribution in [3.05, 3.63) is 54.9 Å². The number of hydrogen-bond donors (Lipinski definition) is 0. The summed E-state index contributed by atoms with van der Waals surface area (Å²) >= 11 is 0. The molecule has 0 spiro atoms. The van der Waals surface area contributed by atoms with Crippen molar-refractivity contribution in [3.8, 4) is 11.3 Å². The van der Waals surface area contributed by atoms with Crippen LogP contribution in [0.4, 0.5) is 5.69 Å². The van der Waals surface area contributed by atoms with E-state index in [4.69, 9.17) is 4.98 Å². The van der Waals surface area contributed by atoms with Crippen LogP contribution in [0.2, 0.25) is 0 Å². The Kier molecular flexibility index (Phi) is 3.11. The quantitative estimate of drug-likeness (QED) is 0.706. The van der Waals surface area contributed by atoms with Gasteiger partial charge in [0.2, 0.25) is 0 Å². The molecule has 4 rings (SSSR count). The van der Waals surface area contributed by atoms with Gasteiger partial charge in [0.25, 0.3) is 0 Å². The Morgan fingerprint density at radius 1 is 0.905 bits per heavy atom. The summed E-state index contributed by atoms with van der Waals surface area (Å²) in [6.07, 6.45) is 8.12. The van der Waals surface area contributed by atoms with Gasteiger partial charge in [0.05, 0.1) is 5.69 Å². The van der Waals surface area contributed by atoms with E-state index >= 15 is 0 Å². The number of benzene rings is 1. The van der Waals surface area contributed by atoms with Crippen molar-refractivity contribution in [1.82, 2.24) is 9.38 Å². The third-order valence-electron chi connectivity index (χ3n) is 4.23. The molecule has 0 radical (unpaired) electrons. The van der Waals surface area contributed by atoms with E-state index in [2.05, 4.69) is 39.8 Å². The van der Waals surface area contributed by atoms with Crippen molar-refractivity contribution >= 4 is 11.3 Å². The molecule has 1 aliphatic rings. The van der Waals surface area contributed by atoms with E-state index in [0.29, 0.717) is 0 Å². The summed E-state index contributed by atoms with van der Waals surface area (Å²) in [6, 6.07) is 14.9. The van der Waals surface area contributed by atoms with Gasteiger partial charge in [0.1, 0.15) is 5.65 Å². The van der Waals surface area contributed by atoms with Crippen molar-refractivity contribution in [1.29, 1.82) is 0 Å². The molecule has 0 aliphatic carbocycles. The highest BCUT2D eigenvalue weighted by Gasteiger charge is 2.12. The van der Waals surface area contributed by atoms with Crippen LogP contribution in [-0.2, 0) is 0 Å². The van der Waals surface area contributed by atoms with Gasteiger partial charge in [-0.15, -0.1) is 0 Å². The predicted octanol–water partition coefficient (Wildman–Crippen LogP) is 3.99. The number of anilines is 1.